The van der Waals surface area contributed by atoms with Crippen LogP contribution in [0.25, 0.3) is 0 Å². The summed E-state index contributed by atoms with van der Waals surface area (Å²) in [5.74, 6) is -1.66. The maximum absolute atomic E-state index is 12.5. The quantitative estimate of drug-likeness (QED) is 0.551. The number of anilines is 1. The van der Waals surface area contributed by atoms with Crippen molar-refractivity contribution in [3.63, 3.8) is 0 Å². The fourth-order valence-corrected chi connectivity index (χ4v) is 2.84. The molecule has 1 aromatic carbocycles. The number of nitrogens with one attached hydrogen (secondary N) is 1. The van der Waals surface area contributed by atoms with Crippen molar-refractivity contribution in [1.29, 1.82) is 0 Å². The van der Waals surface area contributed by atoms with E-state index in [4.69, 9.17) is 14.2 Å². The molecule has 0 bridgehead atoms. The van der Waals surface area contributed by atoms with E-state index in [0.717, 1.165) is 0 Å². The van der Waals surface area contributed by atoms with Gasteiger partial charge in [0.2, 0.25) is 0 Å². The number of hydrogen-bond donors (Lipinski definition) is 1. The van der Waals surface area contributed by atoms with Crippen LogP contribution in [0.5, 0.6) is 0 Å². The molecule has 8 nitrogen and oxygen atoms in total. The monoisotopic (exact) mass is 400 g/mol. The zero-order chi connectivity index (χ0) is 21.4. The van der Waals surface area contributed by atoms with E-state index in [1.54, 1.807) is 50.6 Å². The number of rotatable bonds is 7. The number of carbonyl (C=O) groups excluding carboxylic acids is 3. The van der Waals surface area contributed by atoms with Crippen LogP contribution in [-0.4, -0.2) is 52.3 Å². The van der Waals surface area contributed by atoms with Gasteiger partial charge in [-0.2, -0.15) is 0 Å². The molecule has 0 aliphatic carbocycles. The molecule has 0 fully saturated rings. The molecule has 1 aliphatic heterocycles. The molecule has 0 spiro atoms. The van der Waals surface area contributed by atoms with Gasteiger partial charge in [-0.05, 0) is 36.8 Å². The SMILES string of the molecule is COCCNC(=O)c1cccc(N2C=CC=CC(C(=O)OC)=C2C(=O)OC)c1C. The predicted octanol–water partition coefficient (Wildman–Crippen LogP) is 1.86. The number of allylic oxidation sites excluding steroid dienone is 2. The first-order valence-electron chi connectivity index (χ1n) is 8.88. The Hall–Kier alpha value is -3.39. The Morgan fingerprint density at radius 2 is 1.76 bits per heavy atom. The first-order valence-corrected chi connectivity index (χ1v) is 8.88. The summed E-state index contributed by atoms with van der Waals surface area (Å²) in [7, 11) is 4.02. The van der Waals surface area contributed by atoms with E-state index in [-0.39, 0.29) is 17.2 Å². The number of methoxy groups -OCH3 is 3. The highest BCUT2D eigenvalue weighted by Crippen LogP contribution is 2.30. The first-order chi connectivity index (χ1) is 14.0. The van der Waals surface area contributed by atoms with Crippen molar-refractivity contribution in [2.75, 3.05) is 39.4 Å². The van der Waals surface area contributed by atoms with Crippen LogP contribution < -0.4 is 10.2 Å². The Balaban J connectivity index is 2.56. The van der Waals surface area contributed by atoms with Gasteiger partial charge >= 0.3 is 11.9 Å². The van der Waals surface area contributed by atoms with Gasteiger partial charge in [0.1, 0.15) is 5.70 Å². The normalized spacial score (nSPS) is 13.2. The van der Waals surface area contributed by atoms with E-state index in [1.807, 2.05) is 0 Å². The highest BCUT2D eigenvalue weighted by Gasteiger charge is 2.28. The molecule has 1 amide bonds. The smallest absolute Gasteiger partial charge is 0.355 e. The highest BCUT2D eigenvalue weighted by molar-refractivity contribution is 6.06. The van der Waals surface area contributed by atoms with E-state index >= 15 is 0 Å². The standard InChI is InChI=1S/C21H24N2O6/c1-14-15(19(24)22-11-13-27-2)9-7-10-17(14)23-12-6-5-8-16(20(25)28-3)18(23)21(26)29-4/h5-10,12H,11,13H2,1-4H3,(H,22,24). The summed E-state index contributed by atoms with van der Waals surface area (Å²) in [5, 5.41) is 2.77. The van der Waals surface area contributed by atoms with Crippen molar-refractivity contribution in [3.8, 4) is 0 Å². The third kappa shape index (κ3) is 4.91. The molecule has 0 saturated heterocycles. The van der Waals surface area contributed by atoms with Crippen molar-refractivity contribution in [1.82, 2.24) is 5.32 Å². The maximum atomic E-state index is 12.5. The number of esters is 2. The van der Waals surface area contributed by atoms with E-state index in [2.05, 4.69) is 5.32 Å². The number of nitrogens with zero attached hydrogens (tertiary/aromatic N) is 1. The number of benzene rings is 1. The first kappa shape index (κ1) is 21.9. The summed E-state index contributed by atoms with van der Waals surface area (Å²) in [6.45, 7) is 2.52. The minimum absolute atomic E-state index is 0.00982. The number of carbonyl (C=O) groups is 3. The number of ether oxygens (including phenoxy) is 3. The van der Waals surface area contributed by atoms with Crippen LogP contribution >= 0.6 is 0 Å². The molecule has 0 unspecified atom stereocenters. The van der Waals surface area contributed by atoms with Crippen LogP contribution in [0.2, 0.25) is 0 Å². The second-order valence-corrected chi connectivity index (χ2v) is 6.01. The van der Waals surface area contributed by atoms with Gasteiger partial charge in [-0.15, -0.1) is 0 Å². The molecule has 1 aliphatic rings. The lowest BCUT2D eigenvalue weighted by Crippen LogP contribution is -2.30. The van der Waals surface area contributed by atoms with Gasteiger partial charge in [0.25, 0.3) is 5.91 Å². The van der Waals surface area contributed by atoms with E-state index < -0.39 is 11.9 Å². The minimum Gasteiger partial charge on any atom is -0.465 e. The van der Waals surface area contributed by atoms with Gasteiger partial charge in [0.05, 0.1) is 26.4 Å². The lowest BCUT2D eigenvalue weighted by molar-refractivity contribution is -0.139. The Morgan fingerprint density at radius 3 is 2.41 bits per heavy atom. The largest absolute Gasteiger partial charge is 0.465 e. The molecular weight excluding hydrogens is 376 g/mol. The van der Waals surface area contributed by atoms with Crippen LogP contribution in [0, 0.1) is 6.92 Å². The topological polar surface area (TPSA) is 94.2 Å². The second kappa shape index (κ2) is 10.2. The molecule has 29 heavy (non-hydrogen) atoms. The number of amides is 1. The van der Waals surface area contributed by atoms with Gasteiger partial charge in [0, 0.05) is 31.1 Å². The second-order valence-electron chi connectivity index (χ2n) is 6.01. The lowest BCUT2D eigenvalue weighted by Gasteiger charge is -2.25. The molecule has 1 aromatic rings. The Morgan fingerprint density at radius 1 is 1.03 bits per heavy atom. The predicted molar refractivity (Wildman–Crippen MR) is 107 cm³/mol. The minimum atomic E-state index is -0.712. The Labute approximate surface area is 169 Å². The molecule has 0 radical (unpaired) electrons. The summed E-state index contributed by atoms with van der Waals surface area (Å²) >= 11 is 0. The summed E-state index contributed by atoms with van der Waals surface area (Å²) in [6, 6.07) is 5.13. The van der Waals surface area contributed by atoms with Gasteiger partial charge in [-0.3, -0.25) is 4.79 Å². The molecule has 1 N–H and O–H groups in total. The fourth-order valence-electron chi connectivity index (χ4n) is 2.84. The van der Waals surface area contributed by atoms with Gasteiger partial charge in [-0.1, -0.05) is 12.1 Å². The van der Waals surface area contributed by atoms with Crippen LogP contribution in [0.3, 0.4) is 0 Å². The fraction of sp³-hybridized carbons (Fsp3) is 0.286. The van der Waals surface area contributed by atoms with E-state index in [0.29, 0.717) is 30.0 Å². The Bertz CT molecular complexity index is 885. The zero-order valence-electron chi connectivity index (χ0n) is 16.9. The summed E-state index contributed by atoms with van der Waals surface area (Å²) in [5.41, 5.74) is 1.64. The summed E-state index contributed by atoms with van der Waals surface area (Å²) in [4.78, 5) is 38.9. The molecule has 1 heterocycles. The molecule has 8 heteroatoms. The van der Waals surface area contributed by atoms with E-state index in [1.165, 1.54) is 25.2 Å². The average molecular weight is 400 g/mol. The average Bonchev–Trinajstić information content (AvgIpc) is 2.95. The molecule has 0 saturated carbocycles. The van der Waals surface area contributed by atoms with E-state index in [9.17, 15) is 14.4 Å². The summed E-state index contributed by atoms with van der Waals surface area (Å²) in [6.07, 6.45) is 6.38. The van der Waals surface area contributed by atoms with Crippen molar-refractivity contribution in [3.05, 3.63) is 65.0 Å². The third-order valence-electron chi connectivity index (χ3n) is 4.29. The molecule has 2 rings (SSSR count). The van der Waals surface area contributed by atoms with Gasteiger partial charge in [-0.25, -0.2) is 9.59 Å². The molecule has 154 valence electrons. The molecule has 0 aromatic heterocycles. The molecular formula is C21H24N2O6. The van der Waals surface area contributed by atoms with Crippen LogP contribution in [-0.2, 0) is 23.8 Å². The lowest BCUT2D eigenvalue weighted by atomic mass is 10.0. The number of hydrogen-bond acceptors (Lipinski definition) is 7. The van der Waals surface area contributed by atoms with Crippen molar-refractivity contribution >= 4 is 23.5 Å². The van der Waals surface area contributed by atoms with Gasteiger partial charge in [0.15, 0.2) is 0 Å². The van der Waals surface area contributed by atoms with Crippen LogP contribution in [0.1, 0.15) is 15.9 Å². The summed E-state index contributed by atoms with van der Waals surface area (Å²) < 4.78 is 14.7. The van der Waals surface area contributed by atoms with Crippen LogP contribution in [0.4, 0.5) is 5.69 Å². The third-order valence-corrected chi connectivity index (χ3v) is 4.29. The maximum Gasteiger partial charge on any atom is 0.355 e. The Kier molecular flexibility index (Phi) is 7.73. The van der Waals surface area contributed by atoms with Crippen molar-refractivity contribution in [2.45, 2.75) is 6.92 Å². The van der Waals surface area contributed by atoms with Crippen molar-refractivity contribution < 1.29 is 28.6 Å². The highest BCUT2D eigenvalue weighted by atomic mass is 16.5. The van der Waals surface area contributed by atoms with Crippen molar-refractivity contribution in [2.24, 2.45) is 0 Å². The van der Waals surface area contributed by atoms with Crippen LogP contribution in [0.15, 0.2) is 53.9 Å². The van der Waals surface area contributed by atoms with Gasteiger partial charge < -0.3 is 24.4 Å². The molecule has 0 atom stereocenters. The zero-order valence-corrected chi connectivity index (χ0v) is 16.9.